The summed E-state index contributed by atoms with van der Waals surface area (Å²) in [6.45, 7) is 0. The lowest BCUT2D eigenvalue weighted by atomic mass is 9.92. The first kappa shape index (κ1) is 18.0. The fourth-order valence-electron chi connectivity index (χ4n) is 5.68. The van der Waals surface area contributed by atoms with E-state index in [1.54, 1.807) is 6.20 Å². The van der Waals surface area contributed by atoms with Gasteiger partial charge in [0.1, 0.15) is 0 Å². The number of hydrogen-bond acceptors (Lipinski definition) is 2. The molecule has 0 bridgehead atoms. The number of fused-ring (bicyclic) bond motifs is 6. The molecule has 8 rings (SSSR count). The molecule has 0 saturated heterocycles. The average molecular weight is 514 g/mol. The second-order valence-corrected chi connectivity index (χ2v) is 9.87. The van der Waals surface area contributed by atoms with E-state index in [4.69, 9.17) is 16.8 Å². The molecule has 2 heterocycles. The summed E-state index contributed by atoms with van der Waals surface area (Å²) in [7, 11) is 0. The van der Waals surface area contributed by atoms with Crippen molar-refractivity contribution in [2.24, 2.45) is 0 Å². The van der Waals surface area contributed by atoms with E-state index in [0.717, 1.165) is 38.4 Å². The maximum atomic E-state index is 8.67. The quantitative estimate of drug-likeness (QED) is 0.220. The minimum absolute atomic E-state index is 0.0790. The van der Waals surface area contributed by atoms with Gasteiger partial charge in [-0.1, -0.05) is 115 Å². The molecule has 0 N–H and O–H groups in total. The van der Waals surface area contributed by atoms with E-state index in [0.29, 0.717) is 22.1 Å². The lowest BCUT2D eigenvalue weighted by Gasteiger charge is -2.15. The Bertz CT molecular complexity index is 2480. The van der Waals surface area contributed by atoms with Gasteiger partial charge in [0.2, 0.25) is 0 Å². The van der Waals surface area contributed by atoms with Crippen molar-refractivity contribution in [3.8, 4) is 33.5 Å². The molecule has 0 aliphatic rings. The van der Waals surface area contributed by atoms with Crippen molar-refractivity contribution in [1.82, 2.24) is 9.97 Å². The molecule has 40 heavy (non-hydrogen) atoms. The normalized spacial score (nSPS) is 13.2. The van der Waals surface area contributed by atoms with Gasteiger partial charge in [0.25, 0.3) is 0 Å². The monoisotopic (exact) mass is 513 g/mol. The first-order chi connectivity index (χ1) is 21.9. The predicted molar refractivity (Wildman–Crippen MR) is 168 cm³/mol. The fraction of sp³-hybridized carbons (Fsp3) is 0. The van der Waals surface area contributed by atoms with Crippen molar-refractivity contribution in [2.75, 3.05) is 0 Å². The van der Waals surface area contributed by atoms with Crippen molar-refractivity contribution >= 4 is 43.4 Å². The summed E-state index contributed by atoms with van der Waals surface area (Å²) in [5.41, 5.74) is 6.00. The number of pyridine rings is 2. The van der Waals surface area contributed by atoms with Crippen LogP contribution in [0.1, 0.15) is 6.85 Å². The summed E-state index contributed by atoms with van der Waals surface area (Å²) in [5, 5.41) is 5.74. The van der Waals surface area contributed by atoms with E-state index in [1.807, 2.05) is 42.5 Å². The maximum Gasteiger partial charge on any atom is 0.0979 e. The number of rotatable bonds is 3. The van der Waals surface area contributed by atoms with Gasteiger partial charge in [-0.15, -0.1) is 0 Å². The Morgan fingerprint density at radius 1 is 0.475 bits per heavy atom. The van der Waals surface area contributed by atoms with Crippen LogP contribution in [0.3, 0.4) is 0 Å². The number of benzene rings is 6. The summed E-state index contributed by atoms with van der Waals surface area (Å²) in [5.74, 6) is 0. The van der Waals surface area contributed by atoms with Crippen molar-refractivity contribution in [2.45, 2.75) is 0 Å². The molecular weight excluding hydrogens is 484 g/mol. The number of nitrogens with zero attached hydrogens (tertiary/aromatic N) is 2. The van der Waals surface area contributed by atoms with E-state index >= 15 is 0 Å². The summed E-state index contributed by atoms with van der Waals surface area (Å²) in [6, 6.07) is 35.4. The van der Waals surface area contributed by atoms with Crippen LogP contribution < -0.4 is 0 Å². The molecule has 6 aromatic carbocycles. The van der Waals surface area contributed by atoms with Crippen molar-refractivity contribution < 1.29 is 6.85 Å². The molecule has 0 spiro atoms. The highest BCUT2D eigenvalue weighted by Crippen LogP contribution is 2.40. The van der Waals surface area contributed by atoms with Crippen LogP contribution in [0.5, 0.6) is 0 Å². The van der Waals surface area contributed by atoms with Crippen LogP contribution in [0.15, 0.2) is 146 Å². The summed E-state index contributed by atoms with van der Waals surface area (Å²) in [6.07, 6.45) is 1.73. The van der Waals surface area contributed by atoms with Crippen LogP contribution in [0, 0.1) is 0 Å². The van der Waals surface area contributed by atoms with E-state index in [-0.39, 0.29) is 29.7 Å². The van der Waals surface area contributed by atoms with Gasteiger partial charge in [0.15, 0.2) is 0 Å². The minimum atomic E-state index is -0.429. The molecule has 8 aromatic rings. The predicted octanol–water partition coefficient (Wildman–Crippen LogP) is 10.1. The van der Waals surface area contributed by atoms with Crippen molar-refractivity contribution in [3.63, 3.8) is 0 Å². The molecule has 0 amide bonds. The van der Waals surface area contributed by atoms with Gasteiger partial charge in [-0.3, -0.25) is 4.98 Å². The molecule has 2 aromatic heterocycles. The molecule has 186 valence electrons. The van der Waals surface area contributed by atoms with Crippen LogP contribution in [0.2, 0.25) is 0 Å². The Morgan fingerprint density at radius 3 is 2.12 bits per heavy atom. The zero-order valence-corrected chi connectivity index (χ0v) is 21.4. The molecule has 0 radical (unpaired) electrons. The van der Waals surface area contributed by atoms with Crippen LogP contribution >= 0.6 is 0 Å². The molecule has 2 nitrogen and oxygen atoms in total. The zero-order chi connectivity index (χ0) is 30.8. The Morgan fingerprint density at radius 2 is 1.23 bits per heavy atom. The number of aromatic nitrogens is 2. The third-order valence-electron chi connectivity index (χ3n) is 7.56. The first-order valence-corrected chi connectivity index (χ1v) is 13.2. The van der Waals surface area contributed by atoms with E-state index < -0.39 is 6.04 Å². The minimum Gasteiger partial charge on any atom is -0.254 e. The van der Waals surface area contributed by atoms with Crippen LogP contribution in [-0.4, -0.2) is 9.97 Å². The fourth-order valence-corrected chi connectivity index (χ4v) is 5.68. The van der Waals surface area contributed by atoms with E-state index in [2.05, 4.69) is 66.7 Å². The van der Waals surface area contributed by atoms with E-state index in [9.17, 15) is 0 Å². The van der Waals surface area contributed by atoms with Crippen LogP contribution in [0.4, 0.5) is 0 Å². The molecule has 0 fully saturated rings. The Labute approximate surface area is 239 Å². The second-order valence-electron chi connectivity index (χ2n) is 9.87. The highest BCUT2D eigenvalue weighted by molar-refractivity contribution is 6.20. The van der Waals surface area contributed by atoms with Gasteiger partial charge in [0.05, 0.1) is 23.6 Å². The molecule has 2 heteroatoms. The summed E-state index contributed by atoms with van der Waals surface area (Å²) < 4.78 is 42.0. The van der Waals surface area contributed by atoms with Crippen molar-refractivity contribution in [1.29, 1.82) is 0 Å². The molecule has 0 saturated carbocycles. The Balaban J connectivity index is 1.41. The third kappa shape index (κ3) is 3.65. The smallest absolute Gasteiger partial charge is 0.0979 e. The molecule has 0 aliphatic carbocycles. The average Bonchev–Trinajstić information content (AvgIpc) is 3.09. The van der Waals surface area contributed by atoms with E-state index in [1.165, 1.54) is 10.8 Å². The Hall–Kier alpha value is -5.34. The number of hydrogen-bond donors (Lipinski definition) is 0. The molecule has 0 unspecified atom stereocenters. The largest absolute Gasteiger partial charge is 0.254 e. The topological polar surface area (TPSA) is 25.8 Å². The summed E-state index contributed by atoms with van der Waals surface area (Å²) >= 11 is 0. The van der Waals surface area contributed by atoms with Gasteiger partial charge < -0.3 is 0 Å². The van der Waals surface area contributed by atoms with Gasteiger partial charge in [0, 0.05) is 27.9 Å². The van der Waals surface area contributed by atoms with Gasteiger partial charge in [-0.05, 0) is 62.7 Å². The Kier molecular flexibility index (Phi) is 4.12. The molecule has 0 atom stereocenters. The lowest BCUT2D eigenvalue weighted by Crippen LogP contribution is -1.94. The van der Waals surface area contributed by atoms with Crippen molar-refractivity contribution in [3.05, 3.63) is 146 Å². The third-order valence-corrected chi connectivity index (χ3v) is 7.56. The standard InChI is InChI=1S/C38H24N2/c1-2-11-26(12-3-1)36-32-17-7-6-16-31(32)35-24-34(33-18-9-21-39-37(33)38(35)40-36)30-15-8-14-28(23-30)29-20-19-25-10-4-5-13-27(25)22-29/h1-24H/i1D,2D,3D,11D,12D. The van der Waals surface area contributed by atoms with Crippen LogP contribution in [0.25, 0.3) is 76.9 Å². The lowest BCUT2D eigenvalue weighted by molar-refractivity contribution is 1.38. The SMILES string of the molecule is [2H]c1c([2H])c([2H])c(-c2nc3c(cc(-c4cccc(-c5ccc6ccccc6c5)c4)c4cccnc43)c3ccccc23)c([2H])c1[2H]. The molecular formula is C38H24N2. The summed E-state index contributed by atoms with van der Waals surface area (Å²) in [4.78, 5) is 9.82. The molecule has 0 aliphatic heterocycles. The van der Waals surface area contributed by atoms with Gasteiger partial charge >= 0.3 is 0 Å². The highest BCUT2D eigenvalue weighted by Gasteiger charge is 2.16. The van der Waals surface area contributed by atoms with Gasteiger partial charge in [-0.25, -0.2) is 4.98 Å². The van der Waals surface area contributed by atoms with Crippen LogP contribution in [-0.2, 0) is 0 Å². The van der Waals surface area contributed by atoms with Gasteiger partial charge in [-0.2, -0.15) is 0 Å². The zero-order valence-electron chi connectivity index (χ0n) is 26.4. The maximum absolute atomic E-state index is 8.67. The highest BCUT2D eigenvalue weighted by atomic mass is 14.8. The second kappa shape index (κ2) is 9.14. The first-order valence-electron chi connectivity index (χ1n) is 15.7.